The highest BCUT2D eigenvalue weighted by molar-refractivity contribution is 14.1. The number of nitrogens with zero attached hydrogens (tertiary/aromatic N) is 1. The number of hydrogen-bond acceptors (Lipinski definition) is 0. The Morgan fingerprint density at radius 2 is 1.74 bits per heavy atom. The fourth-order valence-electron chi connectivity index (χ4n) is 2.14. The molecule has 1 nitrogen and oxygen atoms in total. The quantitative estimate of drug-likeness (QED) is 0.492. The molecule has 0 saturated carbocycles. The maximum Gasteiger partial charge on any atom is 0.0514 e. The fraction of sp³-hybridized carbons (Fsp3) is 0.0667. The molecule has 0 unspecified atom stereocenters. The van der Waals surface area contributed by atoms with E-state index in [0.29, 0.717) is 10.0 Å². The van der Waals surface area contributed by atoms with Gasteiger partial charge in [0.05, 0.1) is 10.5 Å². The van der Waals surface area contributed by atoms with Crippen molar-refractivity contribution in [1.29, 1.82) is 0 Å². The predicted octanol–water partition coefficient (Wildman–Crippen LogP) is 5.60. The van der Waals surface area contributed by atoms with Crippen LogP contribution >= 0.6 is 45.8 Å². The van der Waals surface area contributed by atoms with Gasteiger partial charge in [-0.3, -0.25) is 0 Å². The molecule has 0 spiro atoms. The summed E-state index contributed by atoms with van der Waals surface area (Å²) in [6.45, 7) is 0.817. The molecule has 0 saturated heterocycles. The monoisotopic (exact) mass is 401 g/mol. The topological polar surface area (TPSA) is 4.93 Å². The number of rotatable bonds is 2. The van der Waals surface area contributed by atoms with Crippen LogP contribution < -0.4 is 0 Å². The minimum atomic E-state index is 0.667. The third-order valence-corrected chi connectivity index (χ3v) is 4.32. The smallest absolute Gasteiger partial charge is 0.0514 e. The van der Waals surface area contributed by atoms with Gasteiger partial charge in [0.15, 0.2) is 0 Å². The molecule has 0 fully saturated rings. The normalized spacial score (nSPS) is 11.1. The van der Waals surface area contributed by atoms with Crippen LogP contribution in [0.3, 0.4) is 0 Å². The Morgan fingerprint density at radius 1 is 1.00 bits per heavy atom. The summed E-state index contributed by atoms with van der Waals surface area (Å²) in [6.07, 6.45) is 2.05. The van der Waals surface area contributed by atoms with E-state index in [4.69, 9.17) is 23.2 Å². The second-order valence-electron chi connectivity index (χ2n) is 4.39. The molecule has 2 aromatic carbocycles. The van der Waals surface area contributed by atoms with Crippen LogP contribution in [0.15, 0.2) is 48.7 Å². The predicted molar refractivity (Wildman–Crippen MR) is 90.2 cm³/mol. The number of fused-ring (bicyclic) bond motifs is 1. The maximum atomic E-state index is 6.20. The number of benzene rings is 2. The van der Waals surface area contributed by atoms with Crippen LogP contribution in [0.1, 0.15) is 5.56 Å². The minimum Gasteiger partial charge on any atom is -0.343 e. The summed E-state index contributed by atoms with van der Waals surface area (Å²) >= 11 is 14.6. The standard InChI is InChI=1S/C15H10Cl2IN/c16-11-7-14(17)13-5-6-19(15(13)8-11)9-10-1-3-12(18)4-2-10/h1-8H,9H2. The van der Waals surface area contributed by atoms with Crippen LogP contribution in [0.25, 0.3) is 10.9 Å². The second kappa shape index (κ2) is 5.35. The van der Waals surface area contributed by atoms with E-state index in [0.717, 1.165) is 17.4 Å². The van der Waals surface area contributed by atoms with Crippen molar-refractivity contribution in [3.63, 3.8) is 0 Å². The van der Waals surface area contributed by atoms with Crippen LogP contribution in [0.5, 0.6) is 0 Å². The van der Waals surface area contributed by atoms with Crippen molar-refractivity contribution in [3.8, 4) is 0 Å². The van der Waals surface area contributed by atoms with Gasteiger partial charge in [0.1, 0.15) is 0 Å². The Morgan fingerprint density at radius 3 is 2.47 bits per heavy atom. The molecule has 96 valence electrons. The van der Waals surface area contributed by atoms with Crippen molar-refractivity contribution in [3.05, 3.63) is 67.8 Å². The first-order valence-corrected chi connectivity index (χ1v) is 7.65. The maximum absolute atomic E-state index is 6.20. The average molecular weight is 402 g/mol. The van der Waals surface area contributed by atoms with Crippen molar-refractivity contribution >= 4 is 56.7 Å². The minimum absolute atomic E-state index is 0.667. The van der Waals surface area contributed by atoms with Crippen molar-refractivity contribution in [2.45, 2.75) is 6.54 Å². The lowest BCUT2D eigenvalue weighted by molar-refractivity contribution is 0.837. The van der Waals surface area contributed by atoms with E-state index in [1.165, 1.54) is 9.13 Å². The third kappa shape index (κ3) is 2.76. The van der Waals surface area contributed by atoms with E-state index in [1.54, 1.807) is 6.07 Å². The van der Waals surface area contributed by atoms with E-state index in [2.05, 4.69) is 51.4 Å². The van der Waals surface area contributed by atoms with Crippen LogP contribution in [-0.2, 0) is 6.54 Å². The molecular weight excluding hydrogens is 392 g/mol. The van der Waals surface area contributed by atoms with E-state index in [1.807, 2.05) is 18.3 Å². The summed E-state index contributed by atoms with van der Waals surface area (Å²) in [5.74, 6) is 0. The zero-order chi connectivity index (χ0) is 13.4. The van der Waals surface area contributed by atoms with Gasteiger partial charge in [-0.25, -0.2) is 0 Å². The van der Waals surface area contributed by atoms with E-state index in [-0.39, 0.29) is 0 Å². The van der Waals surface area contributed by atoms with Crippen LogP contribution in [-0.4, -0.2) is 4.57 Å². The lowest BCUT2D eigenvalue weighted by Crippen LogP contribution is -1.97. The van der Waals surface area contributed by atoms with Gasteiger partial charge in [0.25, 0.3) is 0 Å². The SMILES string of the molecule is Clc1cc(Cl)c2ccn(Cc3ccc(I)cc3)c2c1. The molecule has 1 aromatic heterocycles. The van der Waals surface area contributed by atoms with Crippen molar-refractivity contribution in [1.82, 2.24) is 4.57 Å². The molecule has 3 aromatic rings. The zero-order valence-electron chi connectivity index (χ0n) is 9.91. The Balaban J connectivity index is 2.03. The van der Waals surface area contributed by atoms with Crippen molar-refractivity contribution in [2.75, 3.05) is 0 Å². The lowest BCUT2D eigenvalue weighted by Gasteiger charge is -2.07. The summed E-state index contributed by atoms with van der Waals surface area (Å²) in [5.41, 5.74) is 2.32. The van der Waals surface area contributed by atoms with Gasteiger partial charge < -0.3 is 4.57 Å². The van der Waals surface area contributed by atoms with Crippen LogP contribution in [0, 0.1) is 3.57 Å². The molecule has 0 N–H and O–H groups in total. The average Bonchev–Trinajstić information content (AvgIpc) is 2.76. The van der Waals surface area contributed by atoms with Crippen LogP contribution in [0.4, 0.5) is 0 Å². The fourth-order valence-corrected chi connectivity index (χ4v) is 3.05. The Hall–Kier alpha value is -0.710. The van der Waals surface area contributed by atoms with Gasteiger partial charge in [-0.05, 0) is 58.5 Å². The highest BCUT2D eigenvalue weighted by atomic mass is 127. The van der Waals surface area contributed by atoms with Crippen LogP contribution in [0.2, 0.25) is 10.0 Å². The molecule has 0 amide bonds. The molecule has 0 atom stereocenters. The van der Waals surface area contributed by atoms with Gasteiger partial charge in [-0.15, -0.1) is 0 Å². The molecule has 0 aliphatic rings. The molecule has 1 heterocycles. The highest BCUT2D eigenvalue weighted by Gasteiger charge is 2.06. The first kappa shape index (κ1) is 13.3. The molecular formula is C15H10Cl2IN. The molecule has 3 rings (SSSR count). The van der Waals surface area contributed by atoms with Gasteiger partial charge in [-0.1, -0.05) is 35.3 Å². The van der Waals surface area contributed by atoms with E-state index < -0.39 is 0 Å². The molecule has 19 heavy (non-hydrogen) atoms. The largest absolute Gasteiger partial charge is 0.343 e. The molecule has 0 aliphatic heterocycles. The molecule has 0 bridgehead atoms. The first-order valence-electron chi connectivity index (χ1n) is 5.82. The summed E-state index contributed by atoms with van der Waals surface area (Å²) in [6, 6.07) is 14.3. The number of hydrogen-bond donors (Lipinski definition) is 0. The second-order valence-corrected chi connectivity index (χ2v) is 6.48. The Kier molecular flexibility index (Phi) is 3.74. The van der Waals surface area contributed by atoms with Gasteiger partial charge >= 0.3 is 0 Å². The highest BCUT2D eigenvalue weighted by Crippen LogP contribution is 2.29. The van der Waals surface area contributed by atoms with E-state index >= 15 is 0 Å². The third-order valence-electron chi connectivity index (χ3n) is 3.07. The summed E-state index contributed by atoms with van der Waals surface area (Å²) in [4.78, 5) is 0. The van der Waals surface area contributed by atoms with E-state index in [9.17, 15) is 0 Å². The summed E-state index contributed by atoms with van der Waals surface area (Å²) in [5, 5.41) is 2.40. The van der Waals surface area contributed by atoms with Gasteiger partial charge in [0, 0.05) is 26.7 Å². The molecule has 0 aliphatic carbocycles. The molecule has 4 heteroatoms. The van der Waals surface area contributed by atoms with Gasteiger partial charge in [-0.2, -0.15) is 0 Å². The Bertz CT molecular complexity index is 732. The number of halogens is 3. The van der Waals surface area contributed by atoms with Gasteiger partial charge in [0.2, 0.25) is 0 Å². The molecule has 0 radical (unpaired) electrons. The van der Waals surface area contributed by atoms with Crippen molar-refractivity contribution in [2.24, 2.45) is 0 Å². The number of aromatic nitrogens is 1. The first-order chi connectivity index (χ1) is 9.13. The van der Waals surface area contributed by atoms with Crippen molar-refractivity contribution < 1.29 is 0 Å². The summed E-state index contributed by atoms with van der Waals surface area (Å²) < 4.78 is 3.40. The Labute approximate surface area is 135 Å². The lowest BCUT2D eigenvalue weighted by atomic mass is 10.2. The summed E-state index contributed by atoms with van der Waals surface area (Å²) in [7, 11) is 0. The zero-order valence-corrected chi connectivity index (χ0v) is 13.6.